The van der Waals surface area contributed by atoms with Gasteiger partial charge in [-0.15, -0.1) is 11.3 Å². The fourth-order valence-electron chi connectivity index (χ4n) is 1.47. The molecule has 0 aliphatic rings. The normalized spacial score (nSPS) is 11.8. The molecule has 1 amide bonds. The highest BCUT2D eigenvalue weighted by Crippen LogP contribution is 2.26. The minimum atomic E-state index is -3.35. The molecule has 0 aliphatic heterocycles. The Bertz CT molecular complexity index is 612. The molecule has 0 saturated carbocycles. The molecule has 0 atom stereocenters. The van der Waals surface area contributed by atoms with Crippen molar-refractivity contribution in [2.24, 2.45) is 0 Å². The monoisotopic (exact) mass is 289 g/mol. The number of aliphatic hydroxyl groups excluding tert-OH is 1. The topological polar surface area (TPSA) is 49.3 Å². The number of nitrogens with one attached hydrogen (secondary N) is 1. The Balaban J connectivity index is 2.13. The Morgan fingerprint density at radius 3 is 2.79 bits per heavy atom. The SMILES string of the molecule is O=C(NCC(F)(F)CO)c1cc2ccc(F)cc2s1. The van der Waals surface area contributed by atoms with Crippen molar-refractivity contribution < 1.29 is 23.1 Å². The standard InChI is InChI=1S/C12H10F3NO2S/c13-8-2-1-7-3-10(19-9(7)4-8)11(18)16-5-12(14,15)6-17/h1-4,17H,5-6H2,(H,16,18). The molecule has 0 aliphatic carbocycles. The molecule has 2 aromatic rings. The van der Waals surface area contributed by atoms with E-state index >= 15 is 0 Å². The van der Waals surface area contributed by atoms with Gasteiger partial charge in [-0.25, -0.2) is 13.2 Å². The number of alkyl halides is 2. The van der Waals surface area contributed by atoms with E-state index in [1.807, 2.05) is 5.32 Å². The summed E-state index contributed by atoms with van der Waals surface area (Å²) in [5, 5.41) is 11.1. The van der Waals surface area contributed by atoms with E-state index in [1.54, 1.807) is 0 Å². The number of rotatable bonds is 4. The smallest absolute Gasteiger partial charge is 0.287 e. The van der Waals surface area contributed by atoms with Crippen molar-refractivity contribution >= 4 is 27.3 Å². The van der Waals surface area contributed by atoms with Gasteiger partial charge in [0.15, 0.2) is 0 Å². The highest BCUT2D eigenvalue weighted by Gasteiger charge is 2.28. The fraction of sp³-hybridized carbons (Fsp3) is 0.250. The summed E-state index contributed by atoms with van der Waals surface area (Å²) in [6.07, 6.45) is 0. The second kappa shape index (κ2) is 5.18. The van der Waals surface area contributed by atoms with Crippen LogP contribution in [0.1, 0.15) is 9.67 Å². The molecule has 19 heavy (non-hydrogen) atoms. The van der Waals surface area contributed by atoms with Gasteiger partial charge in [-0.3, -0.25) is 4.79 Å². The molecule has 0 bridgehead atoms. The van der Waals surface area contributed by atoms with Crippen molar-refractivity contribution in [2.75, 3.05) is 13.2 Å². The van der Waals surface area contributed by atoms with Crippen LogP contribution in [-0.2, 0) is 0 Å². The molecule has 0 unspecified atom stereocenters. The van der Waals surface area contributed by atoms with E-state index in [-0.39, 0.29) is 4.88 Å². The lowest BCUT2D eigenvalue weighted by Crippen LogP contribution is -2.38. The highest BCUT2D eigenvalue weighted by molar-refractivity contribution is 7.20. The summed E-state index contributed by atoms with van der Waals surface area (Å²) in [6.45, 7) is -2.27. The third kappa shape index (κ3) is 3.24. The summed E-state index contributed by atoms with van der Waals surface area (Å²) >= 11 is 1.02. The van der Waals surface area contributed by atoms with Gasteiger partial charge in [0, 0.05) is 4.70 Å². The molecular formula is C12H10F3NO2S. The maximum absolute atomic E-state index is 13.0. The van der Waals surface area contributed by atoms with Gasteiger partial charge in [0.2, 0.25) is 0 Å². The quantitative estimate of drug-likeness (QED) is 0.908. The summed E-state index contributed by atoms with van der Waals surface area (Å²) < 4.78 is 39.1. The van der Waals surface area contributed by atoms with Crippen LogP contribution in [0.4, 0.5) is 13.2 Å². The van der Waals surface area contributed by atoms with Crippen LogP contribution < -0.4 is 5.32 Å². The van der Waals surface area contributed by atoms with Crippen LogP contribution in [-0.4, -0.2) is 30.1 Å². The Kier molecular flexibility index (Phi) is 3.77. The van der Waals surface area contributed by atoms with E-state index in [2.05, 4.69) is 0 Å². The second-order valence-corrected chi connectivity index (χ2v) is 5.07. The van der Waals surface area contributed by atoms with Gasteiger partial charge in [-0.2, -0.15) is 0 Å². The number of hydrogen-bond donors (Lipinski definition) is 2. The van der Waals surface area contributed by atoms with E-state index in [1.165, 1.54) is 24.3 Å². The Morgan fingerprint density at radius 2 is 2.11 bits per heavy atom. The lowest BCUT2D eigenvalue weighted by molar-refractivity contribution is -0.0461. The summed E-state index contributed by atoms with van der Waals surface area (Å²) in [5.41, 5.74) is 0. The van der Waals surface area contributed by atoms with Crippen molar-refractivity contribution in [2.45, 2.75) is 5.92 Å². The molecule has 1 aromatic heterocycles. The molecule has 1 aromatic carbocycles. The Labute approximate surface area is 110 Å². The van der Waals surface area contributed by atoms with Crippen LogP contribution in [0, 0.1) is 5.82 Å². The lowest BCUT2D eigenvalue weighted by atomic mass is 10.2. The molecule has 2 rings (SSSR count). The zero-order chi connectivity index (χ0) is 14.0. The molecule has 0 fully saturated rings. The van der Waals surface area contributed by atoms with Gasteiger partial charge in [0.05, 0.1) is 11.4 Å². The predicted octanol–water partition coefficient (Wildman–Crippen LogP) is 2.40. The zero-order valence-electron chi connectivity index (χ0n) is 9.62. The maximum atomic E-state index is 13.0. The third-order valence-corrected chi connectivity index (χ3v) is 3.54. The zero-order valence-corrected chi connectivity index (χ0v) is 10.4. The minimum absolute atomic E-state index is 0.217. The van der Waals surface area contributed by atoms with E-state index in [9.17, 15) is 18.0 Å². The van der Waals surface area contributed by atoms with E-state index < -0.39 is 30.8 Å². The number of carbonyl (C=O) groups is 1. The molecule has 1 heterocycles. The van der Waals surface area contributed by atoms with Gasteiger partial charge in [0.25, 0.3) is 11.8 Å². The van der Waals surface area contributed by atoms with Crippen LogP contribution in [0.3, 0.4) is 0 Å². The first-order valence-electron chi connectivity index (χ1n) is 5.37. The number of benzene rings is 1. The van der Waals surface area contributed by atoms with E-state index in [4.69, 9.17) is 5.11 Å². The molecule has 3 nitrogen and oxygen atoms in total. The van der Waals surface area contributed by atoms with Gasteiger partial charge in [0.1, 0.15) is 12.4 Å². The van der Waals surface area contributed by atoms with E-state index in [0.29, 0.717) is 10.1 Å². The Hall–Kier alpha value is -1.60. The van der Waals surface area contributed by atoms with Crippen molar-refractivity contribution in [3.63, 3.8) is 0 Å². The van der Waals surface area contributed by atoms with Crippen molar-refractivity contribution in [1.29, 1.82) is 0 Å². The summed E-state index contributed by atoms with van der Waals surface area (Å²) in [4.78, 5) is 11.9. The molecule has 0 saturated heterocycles. The Morgan fingerprint density at radius 1 is 1.37 bits per heavy atom. The van der Waals surface area contributed by atoms with Crippen molar-refractivity contribution in [1.82, 2.24) is 5.32 Å². The van der Waals surface area contributed by atoms with E-state index in [0.717, 1.165) is 11.3 Å². The highest BCUT2D eigenvalue weighted by atomic mass is 32.1. The number of hydrogen-bond acceptors (Lipinski definition) is 3. The average molecular weight is 289 g/mol. The minimum Gasteiger partial charge on any atom is -0.390 e. The van der Waals surface area contributed by atoms with Crippen LogP contribution in [0.5, 0.6) is 0 Å². The number of thiophene rings is 1. The van der Waals surface area contributed by atoms with Crippen LogP contribution in [0.15, 0.2) is 24.3 Å². The van der Waals surface area contributed by atoms with Crippen LogP contribution >= 0.6 is 11.3 Å². The lowest BCUT2D eigenvalue weighted by Gasteiger charge is -2.13. The van der Waals surface area contributed by atoms with Gasteiger partial charge in [-0.05, 0) is 23.6 Å². The number of halogens is 3. The third-order valence-electron chi connectivity index (χ3n) is 2.44. The van der Waals surface area contributed by atoms with Gasteiger partial charge >= 0.3 is 0 Å². The molecule has 102 valence electrons. The molecular weight excluding hydrogens is 279 g/mol. The first kappa shape index (κ1) is 13.8. The molecule has 0 spiro atoms. The second-order valence-electron chi connectivity index (χ2n) is 3.99. The fourth-order valence-corrected chi connectivity index (χ4v) is 2.47. The van der Waals surface area contributed by atoms with Crippen molar-refractivity contribution in [3.05, 3.63) is 35.0 Å². The largest absolute Gasteiger partial charge is 0.390 e. The number of amides is 1. The number of fused-ring (bicyclic) bond motifs is 1. The predicted molar refractivity (Wildman–Crippen MR) is 66.1 cm³/mol. The number of aliphatic hydroxyl groups is 1. The number of carbonyl (C=O) groups excluding carboxylic acids is 1. The molecule has 0 radical (unpaired) electrons. The summed E-state index contributed by atoms with van der Waals surface area (Å²) in [6, 6.07) is 5.56. The first-order valence-corrected chi connectivity index (χ1v) is 6.19. The van der Waals surface area contributed by atoms with Gasteiger partial charge in [-0.1, -0.05) is 6.07 Å². The molecule has 7 heteroatoms. The maximum Gasteiger partial charge on any atom is 0.287 e. The first-order chi connectivity index (χ1) is 8.91. The van der Waals surface area contributed by atoms with Crippen molar-refractivity contribution in [3.8, 4) is 0 Å². The van der Waals surface area contributed by atoms with Gasteiger partial charge < -0.3 is 10.4 Å². The van der Waals surface area contributed by atoms with Crippen LogP contribution in [0.25, 0.3) is 10.1 Å². The summed E-state index contributed by atoms with van der Waals surface area (Å²) in [5.74, 6) is -4.44. The van der Waals surface area contributed by atoms with Crippen LogP contribution in [0.2, 0.25) is 0 Å². The summed E-state index contributed by atoms with van der Waals surface area (Å²) in [7, 11) is 0. The molecule has 2 N–H and O–H groups in total. The average Bonchev–Trinajstić information content (AvgIpc) is 2.79.